The molecule has 0 aliphatic rings. The Hall–Kier alpha value is -2.99. The number of anilines is 2. The van der Waals surface area contributed by atoms with E-state index in [1.807, 2.05) is 24.3 Å². The fourth-order valence-corrected chi connectivity index (χ4v) is 2.44. The molecule has 0 unspecified atom stereocenters. The lowest BCUT2D eigenvalue weighted by molar-refractivity contribution is 0.102. The zero-order valence-electron chi connectivity index (χ0n) is 13.5. The third-order valence-electron chi connectivity index (χ3n) is 3.62. The summed E-state index contributed by atoms with van der Waals surface area (Å²) >= 11 is 6.09. The van der Waals surface area contributed by atoms with E-state index in [2.05, 4.69) is 15.6 Å². The van der Waals surface area contributed by atoms with Gasteiger partial charge >= 0.3 is 0 Å². The lowest BCUT2D eigenvalue weighted by Gasteiger charge is -2.09. The highest BCUT2D eigenvalue weighted by molar-refractivity contribution is 6.31. The van der Waals surface area contributed by atoms with Crippen LogP contribution in [0, 0.1) is 11.6 Å². The Morgan fingerprint density at radius 2 is 1.85 bits per heavy atom. The minimum Gasteiger partial charge on any atom is -0.366 e. The molecule has 2 aromatic carbocycles. The van der Waals surface area contributed by atoms with Crippen LogP contribution in [0.4, 0.5) is 20.3 Å². The maximum atomic E-state index is 13.2. The molecule has 7 heteroatoms. The first-order valence-corrected chi connectivity index (χ1v) is 8.10. The van der Waals surface area contributed by atoms with Gasteiger partial charge in [0.05, 0.1) is 11.9 Å². The van der Waals surface area contributed by atoms with Crippen LogP contribution in [0.1, 0.15) is 15.9 Å². The third kappa shape index (κ3) is 4.34. The van der Waals surface area contributed by atoms with E-state index in [0.29, 0.717) is 23.1 Å². The summed E-state index contributed by atoms with van der Waals surface area (Å²) in [5, 5.41) is 6.37. The molecule has 26 heavy (non-hydrogen) atoms. The second kappa shape index (κ2) is 7.93. The molecular formula is C19H14ClF2N3O. The summed E-state index contributed by atoms with van der Waals surface area (Å²) in [5.74, 6) is -2.02. The Bertz CT molecular complexity index is 932. The highest BCUT2D eigenvalue weighted by Crippen LogP contribution is 2.17. The third-order valence-corrected chi connectivity index (χ3v) is 3.99. The van der Waals surface area contributed by atoms with Gasteiger partial charge in [0.15, 0.2) is 11.6 Å². The van der Waals surface area contributed by atoms with Gasteiger partial charge in [0, 0.05) is 17.1 Å². The molecule has 0 spiro atoms. The van der Waals surface area contributed by atoms with Crippen LogP contribution in [0.25, 0.3) is 0 Å². The molecule has 0 aliphatic heterocycles. The fourth-order valence-electron chi connectivity index (χ4n) is 2.24. The van der Waals surface area contributed by atoms with E-state index in [1.54, 1.807) is 12.1 Å². The van der Waals surface area contributed by atoms with Crippen molar-refractivity contribution in [1.29, 1.82) is 0 Å². The molecule has 1 amide bonds. The highest BCUT2D eigenvalue weighted by atomic mass is 35.5. The van der Waals surface area contributed by atoms with Crippen molar-refractivity contribution in [3.8, 4) is 0 Å². The fraction of sp³-hybridized carbons (Fsp3) is 0.0526. The normalized spacial score (nSPS) is 10.4. The standard InChI is InChI=1S/C19H14ClF2N3O/c20-15-4-2-1-3-13(15)10-23-18-8-6-14(11-24-18)25-19(26)12-5-7-16(21)17(22)9-12/h1-9,11H,10H2,(H,23,24)(H,25,26). The zero-order valence-corrected chi connectivity index (χ0v) is 14.2. The van der Waals surface area contributed by atoms with Crippen molar-refractivity contribution in [3.05, 3.63) is 88.6 Å². The van der Waals surface area contributed by atoms with Gasteiger partial charge in [-0.25, -0.2) is 13.8 Å². The molecule has 0 atom stereocenters. The zero-order chi connectivity index (χ0) is 18.5. The maximum absolute atomic E-state index is 13.2. The average Bonchev–Trinajstić information content (AvgIpc) is 2.64. The topological polar surface area (TPSA) is 54.0 Å². The molecule has 0 aliphatic carbocycles. The number of hydrogen-bond donors (Lipinski definition) is 2. The van der Waals surface area contributed by atoms with E-state index < -0.39 is 17.5 Å². The molecule has 2 N–H and O–H groups in total. The van der Waals surface area contributed by atoms with Crippen LogP contribution in [0.3, 0.4) is 0 Å². The Balaban J connectivity index is 1.61. The summed E-state index contributed by atoms with van der Waals surface area (Å²) in [5.41, 5.74) is 1.39. The lowest BCUT2D eigenvalue weighted by atomic mass is 10.2. The molecule has 0 fully saturated rings. The number of nitrogens with zero attached hydrogens (tertiary/aromatic N) is 1. The van der Waals surface area contributed by atoms with E-state index in [4.69, 9.17) is 11.6 Å². The molecule has 1 aromatic heterocycles. The smallest absolute Gasteiger partial charge is 0.255 e. The number of rotatable bonds is 5. The number of halogens is 3. The monoisotopic (exact) mass is 373 g/mol. The molecule has 132 valence electrons. The average molecular weight is 374 g/mol. The van der Waals surface area contributed by atoms with Crippen LogP contribution in [-0.2, 0) is 6.54 Å². The van der Waals surface area contributed by atoms with Gasteiger partial charge in [-0.2, -0.15) is 0 Å². The molecular weight excluding hydrogens is 360 g/mol. The molecule has 0 saturated carbocycles. The predicted octanol–water partition coefficient (Wildman–Crippen LogP) is 4.88. The van der Waals surface area contributed by atoms with E-state index in [1.165, 1.54) is 12.3 Å². The van der Waals surface area contributed by atoms with E-state index in [9.17, 15) is 13.6 Å². The Morgan fingerprint density at radius 1 is 1.04 bits per heavy atom. The Morgan fingerprint density at radius 3 is 2.54 bits per heavy atom. The summed E-state index contributed by atoms with van der Waals surface area (Å²) in [6.07, 6.45) is 1.46. The first-order valence-electron chi connectivity index (χ1n) is 7.72. The maximum Gasteiger partial charge on any atom is 0.255 e. The first kappa shape index (κ1) is 17.8. The van der Waals surface area contributed by atoms with Crippen LogP contribution in [0.15, 0.2) is 60.8 Å². The van der Waals surface area contributed by atoms with Crippen molar-refractivity contribution in [2.45, 2.75) is 6.54 Å². The quantitative estimate of drug-likeness (QED) is 0.670. The number of aromatic nitrogens is 1. The van der Waals surface area contributed by atoms with Gasteiger partial charge in [0.25, 0.3) is 5.91 Å². The molecule has 4 nitrogen and oxygen atoms in total. The van der Waals surface area contributed by atoms with Gasteiger partial charge in [0.2, 0.25) is 0 Å². The SMILES string of the molecule is O=C(Nc1ccc(NCc2ccccc2Cl)nc1)c1ccc(F)c(F)c1. The van der Waals surface area contributed by atoms with Crippen LogP contribution in [-0.4, -0.2) is 10.9 Å². The van der Waals surface area contributed by atoms with Gasteiger partial charge in [-0.1, -0.05) is 29.8 Å². The predicted molar refractivity (Wildman–Crippen MR) is 97.3 cm³/mol. The van der Waals surface area contributed by atoms with Crippen molar-refractivity contribution in [2.24, 2.45) is 0 Å². The minimum absolute atomic E-state index is 0.0184. The van der Waals surface area contributed by atoms with Crippen LogP contribution < -0.4 is 10.6 Å². The second-order valence-corrected chi connectivity index (χ2v) is 5.87. The number of benzene rings is 2. The van der Waals surface area contributed by atoms with Crippen LogP contribution in [0.2, 0.25) is 5.02 Å². The molecule has 1 heterocycles. The summed E-state index contributed by atoms with van der Waals surface area (Å²) in [6, 6.07) is 13.8. The van der Waals surface area contributed by atoms with Crippen molar-refractivity contribution in [1.82, 2.24) is 4.98 Å². The molecule has 0 radical (unpaired) electrons. The number of amides is 1. The number of pyridine rings is 1. The summed E-state index contributed by atoms with van der Waals surface area (Å²) in [4.78, 5) is 16.3. The van der Waals surface area contributed by atoms with Crippen molar-refractivity contribution < 1.29 is 13.6 Å². The van der Waals surface area contributed by atoms with Gasteiger partial charge in [0.1, 0.15) is 5.82 Å². The summed E-state index contributed by atoms with van der Waals surface area (Å²) in [7, 11) is 0. The Labute approximate surface area is 153 Å². The number of hydrogen-bond acceptors (Lipinski definition) is 3. The number of nitrogens with one attached hydrogen (secondary N) is 2. The van der Waals surface area contributed by atoms with E-state index in [-0.39, 0.29) is 5.56 Å². The van der Waals surface area contributed by atoms with Crippen molar-refractivity contribution in [3.63, 3.8) is 0 Å². The van der Waals surface area contributed by atoms with Gasteiger partial charge in [-0.3, -0.25) is 4.79 Å². The second-order valence-electron chi connectivity index (χ2n) is 5.46. The lowest BCUT2D eigenvalue weighted by Crippen LogP contribution is -2.12. The minimum atomic E-state index is -1.07. The largest absolute Gasteiger partial charge is 0.366 e. The van der Waals surface area contributed by atoms with Crippen molar-refractivity contribution in [2.75, 3.05) is 10.6 Å². The molecule has 3 rings (SSSR count). The highest BCUT2D eigenvalue weighted by Gasteiger charge is 2.10. The molecule has 0 saturated heterocycles. The van der Waals surface area contributed by atoms with Gasteiger partial charge in [-0.15, -0.1) is 0 Å². The summed E-state index contributed by atoms with van der Waals surface area (Å²) in [6.45, 7) is 0.507. The Kier molecular flexibility index (Phi) is 5.43. The first-order chi connectivity index (χ1) is 12.5. The molecule has 3 aromatic rings. The van der Waals surface area contributed by atoms with E-state index in [0.717, 1.165) is 17.7 Å². The van der Waals surface area contributed by atoms with Crippen LogP contribution >= 0.6 is 11.6 Å². The van der Waals surface area contributed by atoms with Crippen molar-refractivity contribution >= 4 is 29.0 Å². The molecule has 0 bridgehead atoms. The number of carbonyl (C=O) groups is 1. The van der Waals surface area contributed by atoms with Crippen LogP contribution in [0.5, 0.6) is 0 Å². The van der Waals surface area contributed by atoms with E-state index >= 15 is 0 Å². The number of carbonyl (C=O) groups excluding carboxylic acids is 1. The van der Waals surface area contributed by atoms with Gasteiger partial charge < -0.3 is 10.6 Å². The van der Waals surface area contributed by atoms with Gasteiger partial charge in [-0.05, 0) is 42.0 Å². The summed E-state index contributed by atoms with van der Waals surface area (Å²) < 4.78 is 26.1.